The number of carbonyl (C=O) groups excluding carboxylic acids is 2. The molecule has 5 aliphatic rings. The summed E-state index contributed by atoms with van der Waals surface area (Å²) in [5, 5.41) is 79.6. The van der Waals surface area contributed by atoms with Gasteiger partial charge in [-0.2, -0.15) is 5.21 Å². The smallest absolute Gasteiger partial charge is 0.371 e. The first kappa shape index (κ1) is 114. The number of aromatic carboxylic acids is 1. The summed E-state index contributed by atoms with van der Waals surface area (Å²) in [4.78, 5) is 60.3. The second kappa shape index (κ2) is 60.1. The molecule has 0 bridgehead atoms. The average molecular weight is 2150 g/mol. The number of nitrogens with zero attached hydrogens (tertiary/aromatic N) is 4. The van der Waals surface area contributed by atoms with Crippen molar-refractivity contribution >= 4 is 90.7 Å². The molecule has 17 atom stereocenters. The van der Waals surface area contributed by atoms with Gasteiger partial charge < -0.3 is 82.6 Å². The van der Waals surface area contributed by atoms with Gasteiger partial charge in [0.05, 0.1) is 94.5 Å². The first-order chi connectivity index (χ1) is 67.2. The van der Waals surface area contributed by atoms with Gasteiger partial charge in [-0.15, -0.1) is 21.8 Å². The number of halogens is 4. The van der Waals surface area contributed by atoms with E-state index in [9.17, 15) is 57.6 Å². The summed E-state index contributed by atoms with van der Waals surface area (Å²) in [6, 6.07) is 43.8. The quantitative estimate of drug-likeness (QED) is 0.00427. The number of nitrogens with one attached hydrogen (secondary N) is 1. The Morgan fingerprint density at radius 1 is 0.657 bits per heavy atom. The molecule has 0 saturated heterocycles. The van der Waals surface area contributed by atoms with Crippen molar-refractivity contribution < 1.29 is 115 Å². The number of ketones is 2. The summed E-state index contributed by atoms with van der Waals surface area (Å²) in [5.41, 5.74) is 8.31. The van der Waals surface area contributed by atoms with Gasteiger partial charge in [-0.1, -0.05) is 168 Å². The van der Waals surface area contributed by atoms with Crippen LogP contribution in [0.15, 0.2) is 189 Å². The van der Waals surface area contributed by atoms with E-state index in [2.05, 4.69) is 76.1 Å². The lowest BCUT2D eigenvalue weighted by Gasteiger charge is -2.22. The third-order valence-electron chi connectivity index (χ3n) is 25.6. The Kier molecular flexibility index (Phi) is 48.9. The highest BCUT2D eigenvalue weighted by molar-refractivity contribution is 14.1. The van der Waals surface area contributed by atoms with Crippen molar-refractivity contribution in [2.45, 2.75) is 223 Å². The number of hydrogen-bond donors (Lipinski definition) is 9. The molecule has 33 heteroatoms. The van der Waals surface area contributed by atoms with E-state index < -0.39 is 65.3 Å². The second-order valence-corrected chi connectivity index (χ2v) is 40.8. The molecule has 760 valence electrons. The number of allylic oxidation sites excluding steroid dienone is 5. The molecule has 0 radical (unpaired) electrons. The number of aliphatic carboxylic acids is 2. The molecular weight excluding hydrogens is 2020 g/mol. The molecule has 5 aliphatic carbocycles. The number of aromatic nitrogens is 4. The molecule has 0 spiro atoms. The normalized spacial score (nSPS) is 21.9. The van der Waals surface area contributed by atoms with E-state index in [1.54, 1.807) is 55.5 Å². The minimum Gasteiger partial charge on any atom is -0.494 e. The lowest BCUT2D eigenvalue weighted by Crippen LogP contribution is -2.29. The van der Waals surface area contributed by atoms with Crippen LogP contribution in [0.25, 0.3) is 4.85 Å². The van der Waals surface area contributed by atoms with E-state index in [4.69, 9.17) is 75.8 Å². The highest BCUT2D eigenvalue weighted by Crippen LogP contribution is 2.45. The highest BCUT2D eigenvalue weighted by Gasteiger charge is 2.45. The maximum Gasteiger partial charge on any atom is 0.371 e. The number of aromatic amines is 1. The summed E-state index contributed by atoms with van der Waals surface area (Å²) >= 11 is 10.3. The maximum atomic E-state index is 14.7. The third kappa shape index (κ3) is 37.9. The highest BCUT2D eigenvalue weighted by atomic mass is 127. The van der Waals surface area contributed by atoms with Crippen LogP contribution in [0.3, 0.4) is 0 Å². The van der Waals surface area contributed by atoms with E-state index in [-0.39, 0.29) is 120 Å². The van der Waals surface area contributed by atoms with Crippen LogP contribution in [0.2, 0.25) is 0 Å². The molecule has 8 aromatic rings. The Balaban J connectivity index is 0.000000196. The zero-order valence-electron chi connectivity index (χ0n) is 80.6. The van der Waals surface area contributed by atoms with Crippen LogP contribution in [0.1, 0.15) is 209 Å². The van der Waals surface area contributed by atoms with Crippen LogP contribution in [0.5, 0.6) is 28.7 Å². The SMILES string of the molecule is CC(O)c1cccc(OC[C@H]2C(=O)CC(O)[C@@H]2COCc2ccc(C(=O)O)o2)c1.Cc1cc(C)cc(OC[C@H]2C(=O)C=C[C@@H]2CCCCCCC(=O)O)c1.Cc1cccc(C)c1OC[C@H]1C(F)C(I)C[C@@H]1C/C=C\CCCC(=O)O.OCc1cccc(OC[C@H]2C(Cl)CC[C@@H]2COCCCCc2nn[nH]n2)c1.[C-]#[N+]C1=C(Br)C[C@H](COCc2cccc(S(=O)O)c2)[C@H]1COc1cccc(C(O)C(C)C)c1. The summed E-state index contributed by atoms with van der Waals surface area (Å²) in [7, 11) is 0. The average Bonchev–Trinajstić information content (AvgIpc) is 1.69. The molecular formula is C107H135BrClFIN5O23S. The fourth-order valence-corrected chi connectivity index (χ4v) is 20.5. The fourth-order valence-electron chi connectivity index (χ4n) is 17.7. The molecule has 7 unspecified atom stereocenters. The first-order valence-electron chi connectivity index (χ1n) is 48.0. The minimum absolute atomic E-state index is 0.0158. The van der Waals surface area contributed by atoms with E-state index in [1.807, 2.05) is 139 Å². The number of rotatable bonds is 49. The number of aliphatic hydroxyl groups excluding tert-OH is 4. The van der Waals surface area contributed by atoms with Crippen molar-refractivity contribution in [2.75, 3.05) is 59.5 Å². The van der Waals surface area contributed by atoms with Gasteiger partial charge in [0.1, 0.15) is 53.1 Å². The van der Waals surface area contributed by atoms with E-state index in [0.717, 1.165) is 163 Å². The number of benzene rings is 6. The summed E-state index contributed by atoms with van der Waals surface area (Å²) < 4.78 is 88.3. The van der Waals surface area contributed by atoms with Gasteiger partial charge >= 0.3 is 17.9 Å². The number of alkyl halides is 3. The molecule has 140 heavy (non-hydrogen) atoms. The molecule has 6 aromatic carbocycles. The summed E-state index contributed by atoms with van der Waals surface area (Å²) in [6.07, 6.45) is 18.7. The Hall–Kier alpha value is -9.61. The number of furan rings is 1. The van der Waals surface area contributed by atoms with Crippen LogP contribution in [0.4, 0.5) is 4.39 Å². The van der Waals surface area contributed by atoms with Crippen LogP contribution in [0, 0.1) is 99.4 Å². The fraction of sp³-hybridized carbons (Fsp3) is 0.505. The molecule has 3 fully saturated rings. The van der Waals surface area contributed by atoms with Crippen molar-refractivity contribution in [1.82, 2.24) is 20.6 Å². The van der Waals surface area contributed by atoms with Gasteiger partial charge in [0, 0.05) is 78.5 Å². The van der Waals surface area contributed by atoms with Gasteiger partial charge in [-0.25, -0.2) is 18.2 Å². The number of H-pyrrole nitrogens is 1. The number of ether oxygens (including phenoxy) is 8. The number of aliphatic hydroxyl groups is 4. The van der Waals surface area contributed by atoms with Gasteiger partial charge in [-0.05, 0) is 263 Å². The Morgan fingerprint density at radius 2 is 1.29 bits per heavy atom. The van der Waals surface area contributed by atoms with Gasteiger partial charge in [-0.3, -0.25) is 19.2 Å². The van der Waals surface area contributed by atoms with Crippen molar-refractivity contribution in [3.8, 4) is 28.7 Å². The number of Topliss-reactive ketones (excluding diaryl/α,β-unsaturated/α-hetero) is 1. The number of aryl methyl sites for hydroxylation is 5. The zero-order valence-corrected chi connectivity index (χ0v) is 85.9. The van der Waals surface area contributed by atoms with Crippen molar-refractivity contribution in [3.63, 3.8) is 0 Å². The van der Waals surface area contributed by atoms with E-state index in [0.29, 0.717) is 91.8 Å². The predicted molar refractivity (Wildman–Crippen MR) is 542 cm³/mol. The molecule has 0 aliphatic heterocycles. The van der Waals surface area contributed by atoms with Crippen molar-refractivity contribution in [2.24, 2.45) is 65.1 Å². The Labute approximate surface area is 849 Å². The number of unbranched alkanes of at least 4 members (excludes halogenated alkanes) is 5. The molecule has 28 nitrogen and oxygen atoms in total. The second-order valence-electron chi connectivity index (χ2n) is 36.8. The topological polar surface area (TPSA) is 410 Å². The number of carboxylic acids is 3. The Bertz CT molecular complexity index is 5330. The monoisotopic (exact) mass is 2150 g/mol. The third-order valence-corrected chi connectivity index (χ3v) is 28.7. The predicted octanol–water partition coefficient (Wildman–Crippen LogP) is 20.8. The zero-order chi connectivity index (χ0) is 101. The number of para-hydroxylation sites is 1. The van der Waals surface area contributed by atoms with Crippen LogP contribution < -0.4 is 23.7 Å². The largest absolute Gasteiger partial charge is 0.494 e. The Morgan fingerprint density at radius 3 is 1.96 bits per heavy atom. The first-order valence-corrected chi connectivity index (χ1v) is 51.6. The van der Waals surface area contributed by atoms with Gasteiger partial charge in [0.25, 0.3) is 0 Å². The van der Waals surface area contributed by atoms with Crippen LogP contribution in [-0.4, -0.2) is 176 Å². The molecule has 13 rings (SSSR count). The molecule has 2 heterocycles. The van der Waals surface area contributed by atoms with Gasteiger partial charge in [0.2, 0.25) is 5.76 Å². The summed E-state index contributed by atoms with van der Waals surface area (Å²) in [6.45, 7) is 25.5. The van der Waals surface area contributed by atoms with Gasteiger partial charge in [0.15, 0.2) is 28.4 Å². The summed E-state index contributed by atoms with van der Waals surface area (Å²) in [5.74, 6) is 2.11. The standard InChI is InChI=1S/C25H28BrNO5S.C21H28FIO3.C21H24O8.C21H28O4.C19H27ClN4O3/c1-16(2)25(28)18-7-5-8-20(11-18)32-15-22-19(12-23(26)24(22)27-3)14-31-13-17-6-4-9-21(10-17)33(29)30;1-14-8-7-9-15(2)21(14)26-13-17-16(12-18(23)20(17)22)10-5-3-4-6-11-19(24)25;1-12(22)13-3-2-4-14(7-13)28-11-17-16(18(23)8-19(17)24)10-27-9-15-5-6-20(29-15)21(25)26;1-15-11-16(2)13-18(12-15)25-14-19-17(9-10-20(19)22)7-5-3-4-6-8-21(23)24;20-18-8-7-15(12-26-9-2-1-6-19-21-23-24-22-19)17(18)13-27-16-5-3-4-14(10-16)11-25/h4-11,16,19,22,25,28H,12-15H2,1-2H3,(H,29,30);3,5,7-9,16-18,20H,4,6,10-13H2,1-2H3,(H,24,25);2-7,12,16-18,22-23H,8-11H2,1H3,(H,25,26);9-13,17,19H,3-8,14H2,1-2H3,(H,23,24);3-5,10,15,17-18,25H,1-2,6-9,11-13H2,(H,21,22,23,24)/b;5-3-;;;/t19-,22-,25?;16-,17+,18?,20?;12?,16-,17-,18?;17-,19+;15-,17-,18?/m10101/s1. The van der Waals surface area contributed by atoms with Crippen LogP contribution in [-0.2, 0) is 70.7 Å². The number of carbonyl (C=O) groups is 5. The molecule has 9 N–H and O–H groups in total. The number of hydrogen-bond acceptors (Lipinski definition) is 22. The lowest BCUT2D eigenvalue weighted by molar-refractivity contribution is -0.138. The molecule has 2 aromatic heterocycles. The van der Waals surface area contributed by atoms with Crippen molar-refractivity contribution in [1.29, 1.82) is 0 Å². The number of carboxylic acid groups (broad SMARTS) is 3. The number of tetrazole rings is 1. The molecule has 3 saturated carbocycles. The maximum absolute atomic E-state index is 14.7. The minimum atomic E-state index is -2.03. The van der Waals surface area contributed by atoms with Crippen molar-refractivity contribution in [3.05, 3.63) is 253 Å². The lowest BCUT2D eigenvalue weighted by atomic mass is 9.90. The van der Waals surface area contributed by atoms with Crippen LogP contribution >= 0.6 is 50.1 Å². The van der Waals surface area contributed by atoms with E-state index >= 15 is 0 Å². The molecule has 0 amide bonds. The van der Waals surface area contributed by atoms with E-state index in [1.165, 1.54) is 12.1 Å².